The van der Waals surface area contributed by atoms with Gasteiger partial charge in [-0.1, -0.05) is 90.4 Å². The summed E-state index contributed by atoms with van der Waals surface area (Å²) in [6, 6.07) is 5.64. The van der Waals surface area contributed by atoms with Gasteiger partial charge in [-0.15, -0.1) is 0 Å². The Hall–Kier alpha value is -2.24. The summed E-state index contributed by atoms with van der Waals surface area (Å²) in [6.45, 7) is 2.92. The Balaban J connectivity index is 1.33. The standard InChI is InChI=1S/C31H51NO5/c1-2-3-15-18-26-23-27(33)25-28(24-26)36-22-17-14-12-10-8-6-4-5-7-9-11-13-16-19-29(34)37-31(20-21-31)30(32)35/h23-25,33H,2-22H2,1H3,(H2,32,35). The lowest BCUT2D eigenvalue weighted by atomic mass is 10.0. The van der Waals surface area contributed by atoms with Gasteiger partial charge in [0.1, 0.15) is 11.5 Å². The molecule has 0 aromatic heterocycles. The summed E-state index contributed by atoms with van der Waals surface area (Å²) in [5.74, 6) is 0.298. The molecule has 0 bridgehead atoms. The first-order chi connectivity index (χ1) is 17.9. The summed E-state index contributed by atoms with van der Waals surface area (Å²) in [6.07, 6.45) is 21.6. The number of aromatic hydroxyl groups is 1. The molecule has 1 fully saturated rings. The molecule has 0 unspecified atom stereocenters. The molecule has 1 aromatic carbocycles. The van der Waals surface area contributed by atoms with Gasteiger partial charge < -0.3 is 20.3 Å². The van der Waals surface area contributed by atoms with E-state index in [-0.39, 0.29) is 5.97 Å². The van der Waals surface area contributed by atoms with E-state index in [0.717, 1.165) is 49.8 Å². The number of phenolic OH excluding ortho intramolecular Hbond substituents is 1. The minimum Gasteiger partial charge on any atom is -0.508 e. The Morgan fingerprint density at radius 1 is 0.811 bits per heavy atom. The molecule has 0 atom stereocenters. The highest BCUT2D eigenvalue weighted by Gasteiger charge is 2.52. The number of unbranched alkanes of at least 4 members (excludes halogenated alkanes) is 14. The van der Waals surface area contributed by atoms with Crippen molar-refractivity contribution in [3.63, 3.8) is 0 Å². The van der Waals surface area contributed by atoms with E-state index in [1.807, 2.05) is 6.07 Å². The molecule has 0 aliphatic heterocycles. The van der Waals surface area contributed by atoms with Crippen molar-refractivity contribution in [3.8, 4) is 11.5 Å². The van der Waals surface area contributed by atoms with Crippen molar-refractivity contribution in [2.45, 2.75) is 141 Å². The van der Waals surface area contributed by atoms with Crippen molar-refractivity contribution < 1.29 is 24.2 Å². The molecule has 0 spiro atoms. The molecule has 3 N–H and O–H groups in total. The van der Waals surface area contributed by atoms with Gasteiger partial charge in [-0.25, -0.2) is 0 Å². The van der Waals surface area contributed by atoms with E-state index in [1.165, 1.54) is 70.6 Å². The molecule has 0 heterocycles. The lowest BCUT2D eigenvalue weighted by Crippen LogP contribution is -2.35. The number of amides is 1. The SMILES string of the molecule is CCCCCc1cc(O)cc(OCCCCCCCCCCCCCCCC(=O)OC2(C(N)=O)CC2)c1. The molecule has 0 radical (unpaired) electrons. The number of benzene rings is 1. The van der Waals surface area contributed by atoms with Gasteiger partial charge >= 0.3 is 5.97 Å². The average Bonchev–Trinajstić information content (AvgIpc) is 3.64. The molecule has 1 aliphatic carbocycles. The van der Waals surface area contributed by atoms with Crippen molar-refractivity contribution in [2.24, 2.45) is 5.73 Å². The summed E-state index contributed by atoms with van der Waals surface area (Å²) >= 11 is 0. The van der Waals surface area contributed by atoms with Gasteiger partial charge in [-0.05, 0) is 43.4 Å². The van der Waals surface area contributed by atoms with E-state index in [2.05, 4.69) is 13.0 Å². The number of hydrogen-bond acceptors (Lipinski definition) is 5. The van der Waals surface area contributed by atoms with Gasteiger partial charge in [-0.3, -0.25) is 9.59 Å². The lowest BCUT2D eigenvalue weighted by molar-refractivity contribution is -0.157. The smallest absolute Gasteiger partial charge is 0.306 e. The third-order valence-corrected chi connectivity index (χ3v) is 7.28. The Bertz CT molecular complexity index is 790. The summed E-state index contributed by atoms with van der Waals surface area (Å²) in [4.78, 5) is 23.1. The molecule has 37 heavy (non-hydrogen) atoms. The molecule has 1 saturated carbocycles. The number of nitrogens with two attached hydrogens (primary N) is 1. The Morgan fingerprint density at radius 3 is 1.92 bits per heavy atom. The third-order valence-electron chi connectivity index (χ3n) is 7.28. The number of aryl methyl sites for hydroxylation is 1. The highest BCUT2D eigenvalue weighted by Crippen LogP contribution is 2.39. The fraction of sp³-hybridized carbons (Fsp3) is 0.742. The van der Waals surface area contributed by atoms with Crippen LogP contribution in [-0.4, -0.2) is 29.2 Å². The van der Waals surface area contributed by atoms with Crippen LogP contribution in [0.15, 0.2) is 18.2 Å². The van der Waals surface area contributed by atoms with Crippen LogP contribution in [0.3, 0.4) is 0 Å². The molecule has 2 rings (SSSR count). The number of carbonyl (C=O) groups excluding carboxylic acids is 2. The molecule has 1 aromatic rings. The van der Waals surface area contributed by atoms with E-state index >= 15 is 0 Å². The zero-order valence-corrected chi connectivity index (χ0v) is 23.2. The number of ether oxygens (including phenoxy) is 2. The summed E-state index contributed by atoms with van der Waals surface area (Å²) in [5, 5.41) is 9.93. The molecule has 210 valence electrons. The van der Waals surface area contributed by atoms with E-state index in [0.29, 0.717) is 31.6 Å². The van der Waals surface area contributed by atoms with Gasteiger partial charge in [0, 0.05) is 25.3 Å². The predicted molar refractivity (Wildman–Crippen MR) is 149 cm³/mol. The van der Waals surface area contributed by atoms with Gasteiger partial charge in [0.2, 0.25) is 0 Å². The number of phenols is 1. The second kappa shape index (κ2) is 18.1. The molecular weight excluding hydrogens is 466 g/mol. The van der Waals surface area contributed by atoms with Gasteiger partial charge in [0.15, 0.2) is 5.60 Å². The maximum absolute atomic E-state index is 11.8. The van der Waals surface area contributed by atoms with E-state index in [4.69, 9.17) is 15.2 Å². The maximum Gasteiger partial charge on any atom is 0.306 e. The average molecular weight is 518 g/mol. The minimum absolute atomic E-state index is 0.285. The quantitative estimate of drug-likeness (QED) is 0.115. The third kappa shape index (κ3) is 13.8. The van der Waals surface area contributed by atoms with Gasteiger partial charge in [0.25, 0.3) is 5.91 Å². The lowest BCUT2D eigenvalue weighted by Gasteiger charge is -2.12. The highest BCUT2D eigenvalue weighted by atomic mass is 16.6. The van der Waals surface area contributed by atoms with Crippen LogP contribution >= 0.6 is 0 Å². The fourth-order valence-corrected chi connectivity index (χ4v) is 4.74. The Morgan fingerprint density at radius 2 is 1.38 bits per heavy atom. The molecule has 0 saturated heterocycles. The first-order valence-electron chi connectivity index (χ1n) is 14.9. The van der Waals surface area contributed by atoms with E-state index < -0.39 is 11.5 Å². The van der Waals surface area contributed by atoms with Crippen LogP contribution in [0.4, 0.5) is 0 Å². The van der Waals surface area contributed by atoms with Crippen LogP contribution in [0, 0.1) is 0 Å². The van der Waals surface area contributed by atoms with E-state index in [9.17, 15) is 14.7 Å². The molecular formula is C31H51NO5. The number of carbonyl (C=O) groups is 2. The van der Waals surface area contributed by atoms with Crippen LogP contribution in [0.1, 0.15) is 134 Å². The van der Waals surface area contributed by atoms with Crippen LogP contribution in [0.5, 0.6) is 11.5 Å². The maximum atomic E-state index is 11.8. The van der Waals surface area contributed by atoms with Crippen LogP contribution in [0.2, 0.25) is 0 Å². The molecule has 6 nitrogen and oxygen atoms in total. The van der Waals surface area contributed by atoms with Gasteiger partial charge in [0.05, 0.1) is 6.61 Å². The first kappa shape index (κ1) is 31.0. The molecule has 1 amide bonds. The number of hydrogen-bond donors (Lipinski definition) is 2. The second-order valence-electron chi connectivity index (χ2n) is 10.8. The van der Waals surface area contributed by atoms with Crippen LogP contribution in [-0.2, 0) is 20.7 Å². The largest absolute Gasteiger partial charge is 0.508 e. The second-order valence-corrected chi connectivity index (χ2v) is 10.8. The van der Waals surface area contributed by atoms with Crippen LogP contribution in [0.25, 0.3) is 0 Å². The number of primary amides is 1. The zero-order chi connectivity index (χ0) is 26.8. The Kier molecular flexibility index (Phi) is 15.1. The summed E-state index contributed by atoms with van der Waals surface area (Å²) < 4.78 is 11.1. The molecule has 6 heteroatoms. The number of rotatable bonds is 23. The molecule has 1 aliphatic rings. The van der Waals surface area contributed by atoms with Gasteiger partial charge in [-0.2, -0.15) is 0 Å². The van der Waals surface area contributed by atoms with Crippen molar-refractivity contribution in [1.82, 2.24) is 0 Å². The summed E-state index contributed by atoms with van der Waals surface area (Å²) in [7, 11) is 0. The fourth-order valence-electron chi connectivity index (χ4n) is 4.74. The monoisotopic (exact) mass is 517 g/mol. The first-order valence-corrected chi connectivity index (χ1v) is 14.9. The number of esters is 1. The predicted octanol–water partition coefficient (Wildman–Crippen LogP) is 7.53. The normalized spacial score (nSPS) is 13.9. The van der Waals surface area contributed by atoms with Crippen molar-refractivity contribution in [2.75, 3.05) is 6.61 Å². The Labute approximate surface area is 224 Å². The highest BCUT2D eigenvalue weighted by molar-refractivity contribution is 5.89. The van der Waals surface area contributed by atoms with Crippen LogP contribution < -0.4 is 10.5 Å². The minimum atomic E-state index is -0.975. The van der Waals surface area contributed by atoms with E-state index in [1.54, 1.807) is 6.07 Å². The summed E-state index contributed by atoms with van der Waals surface area (Å²) in [5.41, 5.74) is 5.47. The van der Waals surface area contributed by atoms with Crippen molar-refractivity contribution in [1.29, 1.82) is 0 Å². The topological polar surface area (TPSA) is 98.8 Å². The van der Waals surface area contributed by atoms with Crippen molar-refractivity contribution >= 4 is 11.9 Å². The van der Waals surface area contributed by atoms with Crippen molar-refractivity contribution in [3.05, 3.63) is 23.8 Å². The zero-order valence-electron chi connectivity index (χ0n) is 23.2.